The van der Waals surface area contributed by atoms with E-state index in [1.165, 1.54) is 11.4 Å². The number of benzene rings is 1. The van der Waals surface area contributed by atoms with Crippen molar-refractivity contribution in [2.24, 2.45) is 0 Å². The fourth-order valence-electron chi connectivity index (χ4n) is 3.18. The zero-order valence-electron chi connectivity index (χ0n) is 15.6. The van der Waals surface area contributed by atoms with Crippen LogP contribution in [-0.4, -0.2) is 32.5 Å². The van der Waals surface area contributed by atoms with Crippen LogP contribution in [0.3, 0.4) is 0 Å². The largest absolute Gasteiger partial charge is 0.349 e. The van der Waals surface area contributed by atoms with Crippen molar-refractivity contribution >= 4 is 28.7 Å². The molecule has 3 aromatic rings. The van der Waals surface area contributed by atoms with Crippen LogP contribution in [0.15, 0.2) is 36.4 Å². The lowest BCUT2D eigenvalue weighted by molar-refractivity contribution is -0.122. The van der Waals surface area contributed by atoms with Crippen LogP contribution in [-0.2, 0) is 11.3 Å². The van der Waals surface area contributed by atoms with Gasteiger partial charge in [-0.3, -0.25) is 4.79 Å². The van der Waals surface area contributed by atoms with Gasteiger partial charge in [0.05, 0.1) is 17.1 Å². The van der Waals surface area contributed by atoms with E-state index in [1.807, 2.05) is 24.3 Å². The standard InChI is InChI=1S/C20H26N4OS/c1-14-8-9-15(2)24(14)12-10-19(25)21-18(11-13-26-3)20-22-16-6-4-5-7-17(16)23-20/h4-9,18H,10-13H2,1-3H3,(H,21,25)(H,22,23). The molecule has 2 aromatic heterocycles. The molecule has 0 spiro atoms. The van der Waals surface area contributed by atoms with E-state index in [-0.39, 0.29) is 11.9 Å². The van der Waals surface area contributed by atoms with Gasteiger partial charge in [-0.1, -0.05) is 12.1 Å². The van der Waals surface area contributed by atoms with Crippen molar-refractivity contribution in [3.05, 3.63) is 53.6 Å². The van der Waals surface area contributed by atoms with Crippen LogP contribution in [0.25, 0.3) is 11.0 Å². The summed E-state index contributed by atoms with van der Waals surface area (Å²) in [4.78, 5) is 20.6. The Morgan fingerprint density at radius 1 is 1.23 bits per heavy atom. The molecule has 1 unspecified atom stereocenters. The molecule has 2 heterocycles. The number of hydrogen-bond donors (Lipinski definition) is 2. The maximum atomic E-state index is 12.6. The van der Waals surface area contributed by atoms with Crippen molar-refractivity contribution in [1.82, 2.24) is 19.9 Å². The Kier molecular flexibility index (Phi) is 6.04. The van der Waals surface area contributed by atoms with Crippen molar-refractivity contribution in [2.45, 2.75) is 39.3 Å². The molecular formula is C20H26N4OS. The van der Waals surface area contributed by atoms with Gasteiger partial charge < -0.3 is 14.9 Å². The molecule has 1 amide bonds. The van der Waals surface area contributed by atoms with E-state index in [0.29, 0.717) is 13.0 Å². The lowest BCUT2D eigenvalue weighted by atomic mass is 10.2. The number of rotatable bonds is 8. The number of carbonyl (C=O) groups is 1. The minimum atomic E-state index is -0.0887. The van der Waals surface area contributed by atoms with Gasteiger partial charge in [-0.15, -0.1) is 0 Å². The molecule has 3 rings (SSSR count). The lowest BCUT2D eigenvalue weighted by Gasteiger charge is -2.17. The molecule has 0 radical (unpaired) electrons. The number of nitrogens with zero attached hydrogens (tertiary/aromatic N) is 2. The Labute approximate surface area is 158 Å². The van der Waals surface area contributed by atoms with E-state index in [1.54, 1.807) is 11.8 Å². The Morgan fingerprint density at radius 2 is 1.96 bits per heavy atom. The molecule has 0 saturated heterocycles. The first-order valence-corrected chi connectivity index (χ1v) is 10.3. The van der Waals surface area contributed by atoms with E-state index >= 15 is 0 Å². The number of fused-ring (bicyclic) bond motifs is 1. The third kappa shape index (κ3) is 4.30. The van der Waals surface area contributed by atoms with E-state index in [2.05, 4.69) is 52.1 Å². The molecule has 2 N–H and O–H groups in total. The number of imidazole rings is 1. The topological polar surface area (TPSA) is 62.7 Å². The smallest absolute Gasteiger partial charge is 0.222 e. The summed E-state index contributed by atoms with van der Waals surface area (Å²) in [5.41, 5.74) is 4.31. The normalized spacial score (nSPS) is 12.4. The minimum absolute atomic E-state index is 0.0593. The number of amides is 1. The molecule has 1 atom stereocenters. The fraction of sp³-hybridized carbons (Fsp3) is 0.400. The van der Waals surface area contributed by atoms with Crippen LogP contribution in [0, 0.1) is 13.8 Å². The number of para-hydroxylation sites is 2. The molecule has 1 aromatic carbocycles. The summed E-state index contributed by atoms with van der Waals surface area (Å²) < 4.78 is 2.18. The molecule has 138 valence electrons. The summed E-state index contributed by atoms with van der Waals surface area (Å²) in [6, 6.07) is 12.0. The van der Waals surface area contributed by atoms with Gasteiger partial charge in [0.2, 0.25) is 5.91 Å². The molecule has 0 fully saturated rings. The number of aromatic nitrogens is 3. The van der Waals surface area contributed by atoms with Crippen LogP contribution in [0.5, 0.6) is 0 Å². The van der Waals surface area contributed by atoms with Crippen LogP contribution in [0.4, 0.5) is 0 Å². The Bertz CT molecular complexity index is 830. The molecule has 0 saturated carbocycles. The average molecular weight is 371 g/mol. The van der Waals surface area contributed by atoms with Crippen LogP contribution in [0.1, 0.15) is 36.1 Å². The first kappa shape index (κ1) is 18.6. The molecule has 6 heteroatoms. The van der Waals surface area contributed by atoms with E-state index < -0.39 is 0 Å². The number of carbonyl (C=O) groups excluding carboxylic acids is 1. The predicted molar refractivity (Wildman–Crippen MR) is 108 cm³/mol. The number of H-pyrrole nitrogens is 1. The third-order valence-corrected chi connectivity index (χ3v) is 5.31. The van der Waals surface area contributed by atoms with Gasteiger partial charge in [-0.25, -0.2) is 4.98 Å². The molecule has 0 aliphatic heterocycles. The SMILES string of the molecule is CSCCC(NC(=O)CCn1c(C)ccc1C)c1nc2ccccc2[nH]1. The van der Waals surface area contributed by atoms with Gasteiger partial charge >= 0.3 is 0 Å². The quantitative estimate of drug-likeness (QED) is 0.630. The van der Waals surface area contributed by atoms with Crippen molar-refractivity contribution in [2.75, 3.05) is 12.0 Å². The fourth-order valence-corrected chi connectivity index (χ4v) is 3.65. The van der Waals surface area contributed by atoms with Gasteiger partial charge in [0.1, 0.15) is 5.82 Å². The maximum absolute atomic E-state index is 12.6. The first-order chi connectivity index (χ1) is 12.6. The summed E-state index contributed by atoms with van der Waals surface area (Å²) in [7, 11) is 0. The average Bonchev–Trinajstić information content (AvgIpc) is 3.20. The highest BCUT2D eigenvalue weighted by atomic mass is 32.2. The van der Waals surface area contributed by atoms with E-state index in [9.17, 15) is 4.79 Å². The second-order valence-corrected chi connectivity index (χ2v) is 7.54. The summed E-state index contributed by atoms with van der Waals surface area (Å²) in [5.74, 6) is 1.86. The second kappa shape index (κ2) is 8.45. The van der Waals surface area contributed by atoms with Crippen molar-refractivity contribution in [3.63, 3.8) is 0 Å². The predicted octanol–water partition coefficient (Wildman–Crippen LogP) is 3.98. The van der Waals surface area contributed by atoms with Crippen molar-refractivity contribution < 1.29 is 4.79 Å². The zero-order chi connectivity index (χ0) is 18.5. The number of nitrogens with one attached hydrogen (secondary N) is 2. The van der Waals surface area contributed by atoms with Crippen LogP contribution < -0.4 is 5.32 Å². The zero-order valence-corrected chi connectivity index (χ0v) is 16.4. The minimum Gasteiger partial charge on any atom is -0.349 e. The summed E-state index contributed by atoms with van der Waals surface area (Å²) in [6.07, 6.45) is 3.40. The summed E-state index contributed by atoms with van der Waals surface area (Å²) >= 11 is 1.78. The molecule has 26 heavy (non-hydrogen) atoms. The lowest BCUT2D eigenvalue weighted by Crippen LogP contribution is -2.30. The Morgan fingerprint density at radius 3 is 2.65 bits per heavy atom. The van der Waals surface area contributed by atoms with E-state index in [0.717, 1.165) is 29.0 Å². The Balaban J connectivity index is 1.68. The van der Waals surface area contributed by atoms with Gasteiger partial charge in [-0.2, -0.15) is 11.8 Å². The number of aromatic amines is 1. The highest BCUT2D eigenvalue weighted by Crippen LogP contribution is 2.20. The molecule has 0 aliphatic carbocycles. The third-order valence-electron chi connectivity index (χ3n) is 4.66. The van der Waals surface area contributed by atoms with Crippen molar-refractivity contribution in [3.8, 4) is 0 Å². The summed E-state index contributed by atoms with van der Waals surface area (Å²) in [6.45, 7) is 4.84. The molecule has 0 aliphatic rings. The molecular weight excluding hydrogens is 344 g/mol. The van der Waals surface area contributed by atoms with Crippen LogP contribution >= 0.6 is 11.8 Å². The van der Waals surface area contributed by atoms with E-state index in [4.69, 9.17) is 0 Å². The monoisotopic (exact) mass is 370 g/mol. The highest BCUT2D eigenvalue weighted by molar-refractivity contribution is 7.98. The maximum Gasteiger partial charge on any atom is 0.222 e. The van der Waals surface area contributed by atoms with Crippen LogP contribution in [0.2, 0.25) is 0 Å². The molecule has 5 nitrogen and oxygen atoms in total. The van der Waals surface area contributed by atoms with Gasteiger partial charge in [0, 0.05) is 24.4 Å². The van der Waals surface area contributed by atoms with Gasteiger partial charge in [0.15, 0.2) is 0 Å². The molecule has 0 bridgehead atoms. The second-order valence-electron chi connectivity index (χ2n) is 6.56. The number of aryl methyl sites for hydroxylation is 2. The number of hydrogen-bond acceptors (Lipinski definition) is 3. The van der Waals surface area contributed by atoms with Gasteiger partial charge in [-0.05, 0) is 56.5 Å². The van der Waals surface area contributed by atoms with Crippen molar-refractivity contribution in [1.29, 1.82) is 0 Å². The summed E-state index contributed by atoms with van der Waals surface area (Å²) in [5, 5.41) is 3.17. The Hall–Kier alpha value is -2.21. The first-order valence-electron chi connectivity index (χ1n) is 8.94. The van der Waals surface area contributed by atoms with Gasteiger partial charge in [0.25, 0.3) is 0 Å². The number of thioether (sulfide) groups is 1. The highest BCUT2D eigenvalue weighted by Gasteiger charge is 2.18.